The molecule has 0 saturated carbocycles. The molecule has 3 aromatic heterocycles. The van der Waals surface area contributed by atoms with E-state index in [9.17, 15) is 26.7 Å². The molecule has 9 nitrogen and oxygen atoms in total. The van der Waals surface area contributed by atoms with E-state index >= 15 is 0 Å². The quantitative estimate of drug-likeness (QED) is 0.190. The maximum atomic E-state index is 14.9. The van der Waals surface area contributed by atoms with Gasteiger partial charge in [0.15, 0.2) is 23.2 Å². The Hall–Kier alpha value is -4.33. The molecule has 0 radical (unpaired) electrons. The van der Waals surface area contributed by atoms with Crippen LogP contribution in [0.4, 0.5) is 38.3 Å². The van der Waals surface area contributed by atoms with E-state index in [0.29, 0.717) is 13.0 Å². The lowest BCUT2D eigenvalue weighted by molar-refractivity contribution is -0.136. The first-order chi connectivity index (χ1) is 19.1. The summed E-state index contributed by atoms with van der Waals surface area (Å²) in [5.41, 5.74) is 0.332. The monoisotopic (exact) mass is 562 g/mol. The van der Waals surface area contributed by atoms with Gasteiger partial charge in [0, 0.05) is 36.8 Å². The van der Waals surface area contributed by atoms with Crippen LogP contribution in [0.1, 0.15) is 36.6 Å². The highest BCUT2D eigenvalue weighted by Crippen LogP contribution is 2.42. The van der Waals surface area contributed by atoms with Crippen molar-refractivity contribution in [3.63, 3.8) is 0 Å². The van der Waals surface area contributed by atoms with Gasteiger partial charge in [-0.25, -0.2) is 18.6 Å². The van der Waals surface area contributed by atoms with Gasteiger partial charge < -0.3 is 19.4 Å². The van der Waals surface area contributed by atoms with Gasteiger partial charge in [0.05, 0.1) is 16.6 Å². The van der Waals surface area contributed by atoms with Gasteiger partial charge in [0.2, 0.25) is 0 Å². The van der Waals surface area contributed by atoms with Crippen LogP contribution in [0.5, 0.6) is 11.5 Å². The number of hydrogen-bond acceptors (Lipinski definition) is 6. The largest absolute Gasteiger partial charge is 0.450 e. The van der Waals surface area contributed by atoms with E-state index in [4.69, 9.17) is 9.47 Å². The fourth-order valence-electron chi connectivity index (χ4n) is 4.40. The molecule has 14 heteroatoms. The second-order valence-electron chi connectivity index (χ2n) is 9.06. The second kappa shape index (κ2) is 11.0. The predicted molar refractivity (Wildman–Crippen MR) is 134 cm³/mol. The number of urea groups is 1. The number of anilines is 2. The molecule has 3 heterocycles. The Bertz CT molecular complexity index is 1550. The van der Waals surface area contributed by atoms with Crippen LogP contribution >= 0.6 is 0 Å². The van der Waals surface area contributed by atoms with Crippen molar-refractivity contribution in [2.24, 2.45) is 0 Å². The van der Waals surface area contributed by atoms with E-state index in [1.54, 1.807) is 6.07 Å². The maximum absolute atomic E-state index is 14.9. The molecule has 1 aliphatic rings. The van der Waals surface area contributed by atoms with E-state index in [1.165, 1.54) is 0 Å². The lowest BCUT2D eigenvalue weighted by atomic mass is 10.2. The number of nitrogens with one attached hydrogen (secondary N) is 2. The van der Waals surface area contributed by atoms with E-state index in [0.717, 1.165) is 65.7 Å². The molecule has 4 aromatic rings. The van der Waals surface area contributed by atoms with Crippen LogP contribution in [0, 0.1) is 11.6 Å². The number of carbonyl (C=O) groups is 1. The highest BCUT2D eigenvalue weighted by molar-refractivity contribution is 5.99. The number of amides is 2. The first-order valence-electron chi connectivity index (χ1n) is 12.4. The van der Waals surface area contributed by atoms with Gasteiger partial charge in [-0.1, -0.05) is 6.92 Å². The Kier molecular flexibility index (Phi) is 7.52. The summed E-state index contributed by atoms with van der Waals surface area (Å²) in [5, 5.41) is 12.2. The molecule has 210 valence electrons. The third-order valence-electron chi connectivity index (χ3n) is 6.13. The van der Waals surface area contributed by atoms with Crippen molar-refractivity contribution >= 4 is 28.6 Å². The minimum atomic E-state index is -4.81. The summed E-state index contributed by atoms with van der Waals surface area (Å²) in [6.07, 6.45) is 0.371. The van der Waals surface area contributed by atoms with Gasteiger partial charge in [-0.15, -0.1) is 5.10 Å². The third kappa shape index (κ3) is 5.66. The van der Waals surface area contributed by atoms with Gasteiger partial charge in [0.1, 0.15) is 18.1 Å². The summed E-state index contributed by atoms with van der Waals surface area (Å²) in [7, 11) is 0. The molecule has 1 aromatic carbocycles. The van der Waals surface area contributed by atoms with Gasteiger partial charge in [-0.05, 0) is 43.4 Å². The van der Waals surface area contributed by atoms with E-state index in [-0.39, 0.29) is 23.9 Å². The predicted octanol–water partition coefficient (Wildman–Crippen LogP) is 6.43. The van der Waals surface area contributed by atoms with Crippen LogP contribution in [0.2, 0.25) is 0 Å². The number of aryl methyl sites for hydroxylation is 2. The molecule has 0 fully saturated rings. The number of fused-ring (bicyclic) bond motifs is 2. The summed E-state index contributed by atoms with van der Waals surface area (Å²) in [4.78, 5) is 16.4. The SMILES string of the molecule is CCCOCn1cc(C(F)(F)F)c2c(Oc3c(F)cc(NC(=O)Nc4cc5c(nn4)CCC5)cc3F)ccnc21. The lowest BCUT2D eigenvalue weighted by Gasteiger charge is -2.13. The summed E-state index contributed by atoms with van der Waals surface area (Å²) < 4.78 is 83.3. The van der Waals surface area contributed by atoms with Crippen LogP contribution < -0.4 is 15.4 Å². The molecule has 5 rings (SSSR count). The standard InChI is InChI=1S/C26H23F5N6O3/c1-2-8-39-13-37-12-16(26(29,30)31)22-20(6-7-32-24(22)37)40-23-17(27)10-15(11-18(23)28)33-25(38)34-21-9-14-4-3-5-19(14)35-36-21/h6-7,9-12H,2-5,8,13H2,1H3,(H2,33,34,36,38). The van der Waals surface area contributed by atoms with Gasteiger partial charge in [0.25, 0.3) is 0 Å². The summed E-state index contributed by atoms with van der Waals surface area (Å²) in [6.45, 7) is 1.95. The summed E-state index contributed by atoms with van der Waals surface area (Å²) in [6, 6.07) is 3.49. The van der Waals surface area contributed by atoms with Gasteiger partial charge >= 0.3 is 12.2 Å². The molecule has 2 amide bonds. The number of halogens is 5. The number of rotatable bonds is 8. The minimum Gasteiger partial charge on any atom is -0.450 e. The number of ether oxygens (including phenoxy) is 2. The summed E-state index contributed by atoms with van der Waals surface area (Å²) in [5.74, 6) is -3.74. The Morgan fingerprint density at radius 1 is 1.10 bits per heavy atom. The van der Waals surface area contributed by atoms with Crippen molar-refractivity contribution in [2.75, 3.05) is 17.2 Å². The highest BCUT2D eigenvalue weighted by Gasteiger charge is 2.37. The Labute approximate surface area is 224 Å². The van der Waals surface area contributed by atoms with Gasteiger partial charge in [-0.2, -0.15) is 18.3 Å². The number of alkyl halides is 3. The molecular weight excluding hydrogens is 539 g/mol. The van der Waals surface area contributed by atoms with Crippen molar-refractivity contribution in [1.29, 1.82) is 0 Å². The molecule has 0 unspecified atom stereocenters. The van der Waals surface area contributed by atoms with Crippen molar-refractivity contribution in [2.45, 2.75) is 45.5 Å². The molecule has 0 saturated heterocycles. The molecule has 0 spiro atoms. The molecule has 0 bridgehead atoms. The lowest BCUT2D eigenvalue weighted by Crippen LogP contribution is -2.21. The van der Waals surface area contributed by atoms with Crippen molar-refractivity contribution in [1.82, 2.24) is 19.7 Å². The molecule has 1 aliphatic carbocycles. The third-order valence-corrected chi connectivity index (χ3v) is 6.13. The minimum absolute atomic E-state index is 0.133. The van der Waals surface area contributed by atoms with E-state index in [1.807, 2.05) is 6.92 Å². The Morgan fingerprint density at radius 3 is 2.60 bits per heavy atom. The fraction of sp³-hybridized carbons (Fsp3) is 0.308. The number of nitrogens with zero attached hydrogens (tertiary/aromatic N) is 4. The molecular formula is C26H23F5N6O3. The molecule has 0 aliphatic heterocycles. The zero-order valence-corrected chi connectivity index (χ0v) is 21.1. The Morgan fingerprint density at radius 2 is 1.88 bits per heavy atom. The average Bonchev–Trinajstić information content (AvgIpc) is 3.51. The number of pyridine rings is 1. The maximum Gasteiger partial charge on any atom is 0.418 e. The number of aromatic nitrogens is 4. The second-order valence-corrected chi connectivity index (χ2v) is 9.06. The first kappa shape index (κ1) is 27.2. The number of carbonyl (C=O) groups excluding carboxylic acids is 1. The van der Waals surface area contributed by atoms with Gasteiger partial charge in [-0.3, -0.25) is 5.32 Å². The zero-order valence-electron chi connectivity index (χ0n) is 21.1. The van der Waals surface area contributed by atoms with Crippen molar-refractivity contribution in [3.8, 4) is 11.5 Å². The van der Waals surface area contributed by atoms with Crippen LogP contribution in [0.3, 0.4) is 0 Å². The normalized spacial score (nSPS) is 12.9. The first-order valence-corrected chi connectivity index (χ1v) is 12.4. The molecule has 2 N–H and O–H groups in total. The summed E-state index contributed by atoms with van der Waals surface area (Å²) >= 11 is 0. The number of hydrogen-bond donors (Lipinski definition) is 2. The topological polar surface area (TPSA) is 103 Å². The smallest absolute Gasteiger partial charge is 0.418 e. The Balaban J connectivity index is 1.38. The highest BCUT2D eigenvalue weighted by atomic mass is 19.4. The van der Waals surface area contributed by atoms with E-state index in [2.05, 4.69) is 25.8 Å². The van der Waals surface area contributed by atoms with Crippen molar-refractivity contribution < 1.29 is 36.2 Å². The van der Waals surface area contributed by atoms with Crippen LogP contribution in [-0.4, -0.2) is 32.4 Å². The van der Waals surface area contributed by atoms with Crippen LogP contribution in [0.25, 0.3) is 11.0 Å². The molecule has 40 heavy (non-hydrogen) atoms. The van der Waals surface area contributed by atoms with Crippen molar-refractivity contribution in [3.05, 3.63) is 65.1 Å². The number of benzene rings is 1. The fourth-order valence-corrected chi connectivity index (χ4v) is 4.40. The van der Waals surface area contributed by atoms with E-state index < -0.39 is 46.3 Å². The zero-order chi connectivity index (χ0) is 28.4. The average molecular weight is 562 g/mol. The van der Waals surface area contributed by atoms with Crippen LogP contribution in [0.15, 0.2) is 36.7 Å². The van der Waals surface area contributed by atoms with Crippen LogP contribution in [-0.2, 0) is 30.5 Å². The molecule has 0 atom stereocenters.